The van der Waals surface area contributed by atoms with Crippen molar-refractivity contribution in [2.45, 2.75) is 25.8 Å². The van der Waals surface area contributed by atoms with Gasteiger partial charge in [0.1, 0.15) is 5.69 Å². The molecule has 1 aromatic heterocycles. The van der Waals surface area contributed by atoms with Crippen LogP contribution in [0.3, 0.4) is 0 Å². The minimum absolute atomic E-state index is 0.114. The number of para-hydroxylation sites is 1. The molecule has 27 heavy (non-hydrogen) atoms. The highest BCUT2D eigenvalue weighted by Gasteiger charge is 2.30. The number of carbonyl (C=O) groups excluding carboxylic acids is 1. The number of carbonyl (C=O) groups is 1. The molecule has 4 rings (SSSR count). The molecular weight excluding hydrogens is 334 g/mol. The maximum atomic E-state index is 13.1. The van der Waals surface area contributed by atoms with Gasteiger partial charge >= 0.3 is 0 Å². The van der Waals surface area contributed by atoms with E-state index in [1.54, 1.807) is 0 Å². The van der Waals surface area contributed by atoms with E-state index in [1.165, 1.54) is 5.56 Å². The second kappa shape index (κ2) is 7.97. The minimum Gasteiger partial charge on any atom is -0.351 e. The van der Waals surface area contributed by atoms with Crippen molar-refractivity contribution in [2.24, 2.45) is 0 Å². The Hall–Kier alpha value is -2.59. The number of aromatic amines is 1. The largest absolute Gasteiger partial charge is 0.351 e. The van der Waals surface area contributed by atoms with Crippen LogP contribution in [0.5, 0.6) is 0 Å². The predicted octanol–water partition coefficient (Wildman–Crippen LogP) is 3.95. The summed E-state index contributed by atoms with van der Waals surface area (Å²) in [5, 5.41) is 1.09. The van der Waals surface area contributed by atoms with Crippen molar-refractivity contribution in [1.82, 2.24) is 14.8 Å². The van der Waals surface area contributed by atoms with Gasteiger partial charge in [0.2, 0.25) is 0 Å². The van der Waals surface area contributed by atoms with Crippen molar-refractivity contribution in [3.8, 4) is 0 Å². The van der Waals surface area contributed by atoms with Gasteiger partial charge in [0.15, 0.2) is 0 Å². The number of aromatic nitrogens is 1. The predicted molar refractivity (Wildman–Crippen MR) is 110 cm³/mol. The lowest BCUT2D eigenvalue weighted by atomic mass is 10.1. The van der Waals surface area contributed by atoms with E-state index in [9.17, 15) is 4.79 Å². The van der Waals surface area contributed by atoms with E-state index in [4.69, 9.17) is 0 Å². The Bertz CT molecular complexity index is 869. The van der Waals surface area contributed by atoms with Crippen molar-refractivity contribution in [2.75, 3.05) is 26.2 Å². The Morgan fingerprint density at radius 1 is 1.15 bits per heavy atom. The number of likely N-dealkylation sites (tertiary alicyclic amines) is 1. The summed E-state index contributed by atoms with van der Waals surface area (Å²) in [4.78, 5) is 20.9. The number of nitrogens with zero attached hydrogens (tertiary/aromatic N) is 2. The average molecular weight is 361 g/mol. The fourth-order valence-corrected chi connectivity index (χ4v) is 4.11. The van der Waals surface area contributed by atoms with Gasteiger partial charge in [-0.05, 0) is 37.5 Å². The first kappa shape index (κ1) is 17.8. The Morgan fingerprint density at radius 2 is 1.93 bits per heavy atom. The zero-order valence-electron chi connectivity index (χ0n) is 15.9. The first-order chi connectivity index (χ1) is 13.2. The van der Waals surface area contributed by atoms with Gasteiger partial charge in [-0.1, -0.05) is 48.5 Å². The first-order valence-corrected chi connectivity index (χ1v) is 9.89. The number of amides is 1. The maximum absolute atomic E-state index is 13.1. The van der Waals surface area contributed by atoms with Crippen LogP contribution in [0.2, 0.25) is 0 Å². The molecular formula is C23H27N3O. The van der Waals surface area contributed by atoms with Gasteiger partial charge < -0.3 is 14.8 Å². The molecule has 1 saturated heterocycles. The third kappa shape index (κ3) is 3.91. The number of rotatable bonds is 6. The van der Waals surface area contributed by atoms with Gasteiger partial charge in [-0.2, -0.15) is 0 Å². The number of fused-ring (bicyclic) bond motifs is 1. The smallest absolute Gasteiger partial charge is 0.270 e. The Labute approximate surface area is 160 Å². The SMILES string of the molecule is CCN(C(=O)c1cc2ccccc2[nH]1)C1CCN(CCc2ccccc2)C1. The van der Waals surface area contributed by atoms with Crippen LogP contribution in [0.15, 0.2) is 60.7 Å². The van der Waals surface area contributed by atoms with Crippen molar-refractivity contribution in [3.63, 3.8) is 0 Å². The summed E-state index contributed by atoms with van der Waals surface area (Å²) in [7, 11) is 0. The summed E-state index contributed by atoms with van der Waals surface area (Å²) < 4.78 is 0. The second-order valence-electron chi connectivity index (χ2n) is 7.34. The van der Waals surface area contributed by atoms with Gasteiger partial charge in [-0.3, -0.25) is 4.79 Å². The average Bonchev–Trinajstić information content (AvgIpc) is 3.35. The Kier molecular flexibility index (Phi) is 5.26. The molecule has 0 aliphatic carbocycles. The maximum Gasteiger partial charge on any atom is 0.270 e. The number of H-pyrrole nitrogens is 1. The standard InChI is InChI=1S/C23H27N3O/c1-2-26(23(27)22-16-19-10-6-7-11-21(19)24-22)20-13-15-25(17-20)14-12-18-8-4-3-5-9-18/h3-11,16,20,24H,2,12-15,17H2,1H3. The van der Waals surface area contributed by atoms with Crippen molar-refractivity contribution in [3.05, 3.63) is 71.9 Å². The number of hydrogen-bond acceptors (Lipinski definition) is 2. The van der Waals surface area contributed by atoms with Crippen LogP contribution >= 0.6 is 0 Å². The number of hydrogen-bond donors (Lipinski definition) is 1. The van der Waals surface area contributed by atoms with E-state index >= 15 is 0 Å². The van der Waals surface area contributed by atoms with E-state index in [0.29, 0.717) is 11.7 Å². The molecule has 1 N–H and O–H groups in total. The molecule has 2 heterocycles. The summed E-state index contributed by atoms with van der Waals surface area (Å²) in [6.07, 6.45) is 2.12. The summed E-state index contributed by atoms with van der Waals surface area (Å²) in [6, 6.07) is 21.0. The van der Waals surface area contributed by atoms with Crippen molar-refractivity contribution < 1.29 is 4.79 Å². The summed E-state index contributed by atoms with van der Waals surface area (Å²) in [6.45, 7) is 5.90. The van der Waals surface area contributed by atoms with E-state index in [0.717, 1.165) is 49.9 Å². The molecule has 0 saturated carbocycles. The third-order valence-corrected chi connectivity index (χ3v) is 5.61. The second-order valence-corrected chi connectivity index (χ2v) is 7.34. The highest BCUT2D eigenvalue weighted by atomic mass is 16.2. The fourth-order valence-electron chi connectivity index (χ4n) is 4.11. The normalized spacial score (nSPS) is 17.4. The topological polar surface area (TPSA) is 39.3 Å². The van der Waals surface area contributed by atoms with E-state index in [1.807, 2.05) is 35.2 Å². The molecule has 4 nitrogen and oxygen atoms in total. The lowest BCUT2D eigenvalue weighted by Crippen LogP contribution is -2.42. The monoisotopic (exact) mass is 361 g/mol. The first-order valence-electron chi connectivity index (χ1n) is 9.89. The van der Waals surface area contributed by atoms with Crippen LogP contribution in [-0.4, -0.2) is 52.9 Å². The van der Waals surface area contributed by atoms with Crippen LogP contribution < -0.4 is 0 Å². The summed E-state index contributed by atoms with van der Waals surface area (Å²) in [5.74, 6) is 0.114. The van der Waals surface area contributed by atoms with Gasteiger partial charge in [-0.25, -0.2) is 0 Å². The molecule has 0 spiro atoms. The van der Waals surface area contributed by atoms with Crippen LogP contribution in [0, 0.1) is 0 Å². The lowest BCUT2D eigenvalue weighted by Gasteiger charge is -2.27. The molecule has 0 bridgehead atoms. The molecule has 4 heteroatoms. The summed E-state index contributed by atoms with van der Waals surface area (Å²) >= 11 is 0. The van der Waals surface area contributed by atoms with E-state index < -0.39 is 0 Å². The van der Waals surface area contributed by atoms with Crippen molar-refractivity contribution >= 4 is 16.8 Å². The molecule has 0 radical (unpaired) electrons. The molecule has 1 atom stereocenters. The molecule has 1 amide bonds. The molecule has 2 aromatic carbocycles. The van der Waals surface area contributed by atoms with Gasteiger partial charge in [0.05, 0.1) is 0 Å². The number of nitrogens with one attached hydrogen (secondary N) is 1. The molecule has 3 aromatic rings. The number of benzene rings is 2. The van der Waals surface area contributed by atoms with Crippen molar-refractivity contribution in [1.29, 1.82) is 0 Å². The van der Waals surface area contributed by atoms with Gasteiger partial charge in [0.25, 0.3) is 5.91 Å². The zero-order chi connectivity index (χ0) is 18.6. The fraction of sp³-hybridized carbons (Fsp3) is 0.348. The molecule has 1 fully saturated rings. The number of likely N-dealkylation sites (N-methyl/N-ethyl adjacent to an activating group) is 1. The van der Waals surface area contributed by atoms with Crippen LogP contribution in [0.4, 0.5) is 0 Å². The third-order valence-electron chi connectivity index (χ3n) is 5.61. The molecule has 1 aliphatic rings. The Balaban J connectivity index is 1.39. The van der Waals surface area contributed by atoms with Crippen LogP contribution in [-0.2, 0) is 6.42 Å². The quantitative estimate of drug-likeness (QED) is 0.722. The zero-order valence-corrected chi connectivity index (χ0v) is 15.9. The highest BCUT2D eigenvalue weighted by Crippen LogP contribution is 2.21. The molecule has 1 aliphatic heterocycles. The minimum atomic E-state index is 0.114. The summed E-state index contributed by atoms with van der Waals surface area (Å²) in [5.41, 5.74) is 3.09. The Morgan fingerprint density at radius 3 is 2.70 bits per heavy atom. The van der Waals surface area contributed by atoms with Crippen LogP contribution in [0.1, 0.15) is 29.4 Å². The molecule has 140 valence electrons. The lowest BCUT2D eigenvalue weighted by molar-refractivity contribution is 0.0689. The van der Waals surface area contributed by atoms with Gasteiger partial charge in [-0.15, -0.1) is 0 Å². The molecule has 1 unspecified atom stereocenters. The van der Waals surface area contributed by atoms with Gasteiger partial charge in [0, 0.05) is 43.1 Å². The van der Waals surface area contributed by atoms with E-state index in [2.05, 4.69) is 47.1 Å². The van der Waals surface area contributed by atoms with Crippen LogP contribution in [0.25, 0.3) is 10.9 Å². The highest BCUT2D eigenvalue weighted by molar-refractivity contribution is 5.98. The van der Waals surface area contributed by atoms with E-state index in [-0.39, 0.29) is 5.91 Å².